The average molecular weight is 1200 g/mol. The van der Waals surface area contributed by atoms with Crippen LogP contribution in [0.3, 0.4) is 0 Å². The van der Waals surface area contributed by atoms with Crippen LogP contribution >= 0.6 is 0 Å². The van der Waals surface area contributed by atoms with Crippen molar-refractivity contribution in [3.05, 3.63) is 48.6 Å². The number of carbonyl (C=O) groups excluding carboxylic acids is 2. The molecule has 0 aromatic heterocycles. The molecular formula is C76H142NO8+. The first-order chi connectivity index (χ1) is 41.6. The summed E-state index contributed by atoms with van der Waals surface area (Å²) >= 11 is 0. The molecule has 0 heterocycles. The number of hydrogen-bond acceptors (Lipinski definition) is 7. The van der Waals surface area contributed by atoms with E-state index in [2.05, 4.69) is 62.5 Å². The Morgan fingerprint density at radius 3 is 0.953 bits per heavy atom. The fourth-order valence-electron chi connectivity index (χ4n) is 10.9. The van der Waals surface area contributed by atoms with Gasteiger partial charge in [-0.05, 0) is 77.0 Å². The molecule has 0 aromatic carbocycles. The number of rotatable bonds is 69. The van der Waals surface area contributed by atoms with Crippen LogP contribution in [0.25, 0.3) is 0 Å². The molecule has 0 saturated carbocycles. The van der Waals surface area contributed by atoms with Crippen molar-refractivity contribution < 1.29 is 42.9 Å². The number of carboxylic acid groups (broad SMARTS) is 1. The van der Waals surface area contributed by atoms with Crippen LogP contribution in [0.1, 0.15) is 361 Å². The highest BCUT2D eigenvalue weighted by atomic mass is 16.7. The summed E-state index contributed by atoms with van der Waals surface area (Å²) in [6.45, 7) is 4.93. The summed E-state index contributed by atoms with van der Waals surface area (Å²) in [5.41, 5.74) is 0. The average Bonchev–Trinajstić information content (AvgIpc) is 3.49. The number of unbranched alkanes of at least 4 members (excludes halogenated alkanes) is 46. The first-order valence-corrected chi connectivity index (χ1v) is 36.8. The summed E-state index contributed by atoms with van der Waals surface area (Å²) < 4.78 is 23.0. The molecule has 0 rings (SSSR count). The Labute approximate surface area is 527 Å². The maximum absolute atomic E-state index is 13.0. The van der Waals surface area contributed by atoms with Crippen LogP contribution in [-0.4, -0.2) is 87.4 Å². The van der Waals surface area contributed by atoms with Crippen molar-refractivity contribution in [1.82, 2.24) is 0 Å². The van der Waals surface area contributed by atoms with Crippen LogP contribution in [0.15, 0.2) is 48.6 Å². The van der Waals surface area contributed by atoms with Crippen LogP contribution in [0.2, 0.25) is 0 Å². The summed E-state index contributed by atoms with van der Waals surface area (Å²) in [5, 5.41) is 9.75. The van der Waals surface area contributed by atoms with Crippen LogP contribution in [0.5, 0.6) is 0 Å². The van der Waals surface area contributed by atoms with Gasteiger partial charge in [-0.3, -0.25) is 9.59 Å². The van der Waals surface area contributed by atoms with E-state index in [1.807, 2.05) is 21.1 Å². The molecule has 0 fully saturated rings. The maximum Gasteiger partial charge on any atom is 0.361 e. The van der Waals surface area contributed by atoms with Gasteiger partial charge in [0, 0.05) is 12.8 Å². The first-order valence-electron chi connectivity index (χ1n) is 36.8. The topological polar surface area (TPSA) is 108 Å². The van der Waals surface area contributed by atoms with Gasteiger partial charge in [-0.25, -0.2) is 4.79 Å². The minimum Gasteiger partial charge on any atom is -0.477 e. The van der Waals surface area contributed by atoms with E-state index in [4.69, 9.17) is 18.9 Å². The number of nitrogens with zero attached hydrogens (tertiary/aromatic N) is 1. The van der Waals surface area contributed by atoms with Crippen molar-refractivity contribution in [1.29, 1.82) is 0 Å². The molecule has 9 heteroatoms. The molecule has 0 saturated heterocycles. The monoisotopic (exact) mass is 1200 g/mol. The molecular weight excluding hydrogens is 1050 g/mol. The number of esters is 2. The first kappa shape index (κ1) is 82.2. The molecule has 0 aromatic rings. The standard InChI is InChI=1S/C76H141NO8/c1-6-8-10-12-14-16-18-20-22-24-26-28-30-32-34-35-36-37-38-39-41-43-45-47-49-51-53-55-57-59-61-63-65-67-74(79)85-72(71-84-76(75(80)81)82-69-68-77(3,4)5)70-83-73(78)66-64-62-60-58-56-54-52-50-48-46-44-42-40-33-31-29-27-25-23-21-19-17-15-13-11-9-7-2/h18,20,24-27,30,32,72,76H,6-17,19,21-23,28-29,31,33-71H2,1-5H3/p+1/b20-18-,26-24-,27-25-,32-30-. The predicted octanol–water partition coefficient (Wildman–Crippen LogP) is 22.9. The molecule has 0 radical (unpaired) electrons. The summed E-state index contributed by atoms with van der Waals surface area (Å²) in [4.78, 5) is 37.7. The molecule has 85 heavy (non-hydrogen) atoms. The summed E-state index contributed by atoms with van der Waals surface area (Å²) in [7, 11) is 5.99. The summed E-state index contributed by atoms with van der Waals surface area (Å²) in [6.07, 6.45) is 83.8. The Bertz CT molecular complexity index is 1530. The van der Waals surface area contributed by atoms with Crippen LogP contribution < -0.4 is 0 Å². The number of quaternary nitrogens is 1. The van der Waals surface area contributed by atoms with Crippen LogP contribution in [-0.2, 0) is 33.3 Å². The molecule has 9 nitrogen and oxygen atoms in total. The number of hydrogen-bond donors (Lipinski definition) is 1. The van der Waals surface area contributed by atoms with Gasteiger partial charge >= 0.3 is 17.9 Å². The van der Waals surface area contributed by atoms with Crippen molar-refractivity contribution in [2.45, 2.75) is 373 Å². The predicted molar refractivity (Wildman–Crippen MR) is 364 cm³/mol. The minimum atomic E-state index is -1.51. The number of carbonyl (C=O) groups is 3. The Hall–Kier alpha value is -2.75. The fraction of sp³-hybridized carbons (Fsp3) is 0.855. The van der Waals surface area contributed by atoms with E-state index in [1.54, 1.807) is 0 Å². The number of carboxylic acids is 1. The maximum atomic E-state index is 13.0. The van der Waals surface area contributed by atoms with Gasteiger partial charge in [-0.2, -0.15) is 0 Å². The van der Waals surface area contributed by atoms with Gasteiger partial charge < -0.3 is 28.5 Å². The van der Waals surface area contributed by atoms with Gasteiger partial charge in [0.2, 0.25) is 0 Å². The minimum absolute atomic E-state index is 0.178. The second-order valence-electron chi connectivity index (χ2n) is 26.3. The molecule has 0 amide bonds. The van der Waals surface area contributed by atoms with Gasteiger partial charge in [0.1, 0.15) is 13.2 Å². The van der Waals surface area contributed by atoms with Gasteiger partial charge in [-0.15, -0.1) is 0 Å². The zero-order valence-corrected chi connectivity index (χ0v) is 57.0. The van der Waals surface area contributed by atoms with E-state index in [-0.39, 0.29) is 38.2 Å². The second-order valence-corrected chi connectivity index (χ2v) is 26.3. The number of aliphatic carboxylic acids is 1. The molecule has 0 bridgehead atoms. The highest BCUT2D eigenvalue weighted by Crippen LogP contribution is 2.19. The Morgan fingerprint density at radius 1 is 0.353 bits per heavy atom. The van der Waals surface area contributed by atoms with Crippen molar-refractivity contribution in [3.8, 4) is 0 Å². The quantitative estimate of drug-likeness (QED) is 0.0211. The van der Waals surface area contributed by atoms with E-state index >= 15 is 0 Å². The van der Waals surface area contributed by atoms with E-state index in [9.17, 15) is 19.5 Å². The van der Waals surface area contributed by atoms with Crippen molar-refractivity contribution in [2.75, 3.05) is 47.5 Å². The van der Waals surface area contributed by atoms with Crippen LogP contribution in [0, 0.1) is 0 Å². The lowest BCUT2D eigenvalue weighted by molar-refractivity contribution is -0.870. The smallest absolute Gasteiger partial charge is 0.361 e. The molecule has 2 atom stereocenters. The van der Waals surface area contributed by atoms with Gasteiger partial charge in [0.05, 0.1) is 34.4 Å². The molecule has 0 spiro atoms. The van der Waals surface area contributed by atoms with E-state index in [0.29, 0.717) is 17.4 Å². The summed E-state index contributed by atoms with van der Waals surface area (Å²) in [5.74, 6) is -1.98. The van der Waals surface area contributed by atoms with E-state index in [0.717, 1.165) is 51.4 Å². The van der Waals surface area contributed by atoms with Gasteiger partial charge in [0.25, 0.3) is 6.29 Å². The largest absolute Gasteiger partial charge is 0.477 e. The fourth-order valence-corrected chi connectivity index (χ4v) is 10.9. The summed E-state index contributed by atoms with van der Waals surface area (Å²) in [6, 6.07) is 0. The third-order valence-electron chi connectivity index (χ3n) is 16.6. The highest BCUT2D eigenvalue weighted by molar-refractivity contribution is 5.71. The third-order valence-corrected chi connectivity index (χ3v) is 16.6. The normalized spacial score (nSPS) is 12.9. The Balaban J connectivity index is 4.05. The van der Waals surface area contributed by atoms with E-state index in [1.165, 1.54) is 283 Å². The highest BCUT2D eigenvalue weighted by Gasteiger charge is 2.25. The van der Waals surface area contributed by atoms with Crippen LogP contribution in [0.4, 0.5) is 0 Å². The van der Waals surface area contributed by atoms with Crippen molar-refractivity contribution >= 4 is 17.9 Å². The molecule has 498 valence electrons. The molecule has 0 aliphatic rings. The SMILES string of the molecule is CCCCCCC/C=C\C/C=C\C/C=C\CCCCCCCCCCCCCCCCCCCCC(=O)OC(COC(=O)CCCCCCCCCCCCCCCCC/C=C\CCCCCCCCCC)COC(OCC[N+](C)(C)C)C(=O)O. The van der Waals surface area contributed by atoms with Crippen molar-refractivity contribution in [3.63, 3.8) is 0 Å². The molecule has 0 aliphatic carbocycles. The van der Waals surface area contributed by atoms with Crippen molar-refractivity contribution in [2.24, 2.45) is 0 Å². The Kier molecular flexibility index (Phi) is 65.0. The number of ether oxygens (including phenoxy) is 4. The zero-order valence-electron chi connectivity index (χ0n) is 57.0. The van der Waals surface area contributed by atoms with Gasteiger partial charge in [0.15, 0.2) is 6.10 Å². The van der Waals surface area contributed by atoms with E-state index < -0.39 is 18.4 Å². The molecule has 2 unspecified atom stereocenters. The lowest BCUT2D eigenvalue weighted by Gasteiger charge is -2.25. The lowest BCUT2D eigenvalue weighted by Crippen LogP contribution is -2.40. The Morgan fingerprint density at radius 2 is 0.635 bits per heavy atom. The third kappa shape index (κ3) is 68.6. The lowest BCUT2D eigenvalue weighted by atomic mass is 10.0. The second kappa shape index (κ2) is 67.2. The zero-order chi connectivity index (χ0) is 61.9. The number of allylic oxidation sites excluding steroid dienone is 8. The molecule has 1 N–H and O–H groups in total. The number of likely N-dealkylation sites (N-methyl/N-ethyl adjacent to an activating group) is 1. The molecule has 0 aliphatic heterocycles. The van der Waals surface area contributed by atoms with Gasteiger partial charge in [-0.1, -0.05) is 319 Å².